The Morgan fingerprint density at radius 3 is 2.80 bits per heavy atom. The summed E-state index contributed by atoms with van der Waals surface area (Å²) in [7, 11) is 2.18. The van der Waals surface area contributed by atoms with Crippen LogP contribution in [0.4, 0.5) is 0 Å². The van der Waals surface area contributed by atoms with Crippen LogP contribution in [-0.4, -0.2) is 29.7 Å². The number of hydrogen-bond donors (Lipinski definition) is 1. The van der Waals surface area contributed by atoms with E-state index in [4.69, 9.17) is 4.52 Å². The summed E-state index contributed by atoms with van der Waals surface area (Å²) in [6, 6.07) is 2.55. The van der Waals surface area contributed by atoms with Crippen LogP contribution in [0.3, 0.4) is 0 Å². The molecule has 1 aromatic heterocycles. The highest BCUT2D eigenvalue weighted by atomic mass is 16.5. The molecule has 1 aliphatic rings. The van der Waals surface area contributed by atoms with Crippen molar-refractivity contribution in [3.05, 3.63) is 17.5 Å². The number of nitrogens with zero attached hydrogens (tertiary/aromatic N) is 2. The molecule has 1 fully saturated rings. The molecule has 1 N–H and O–H groups in total. The summed E-state index contributed by atoms with van der Waals surface area (Å²) in [4.78, 5) is 2.37. The second-order valence-electron chi connectivity index (χ2n) is 6.52. The molecule has 0 spiro atoms. The molecule has 20 heavy (non-hydrogen) atoms. The van der Waals surface area contributed by atoms with Crippen molar-refractivity contribution in [1.82, 2.24) is 15.4 Å². The first kappa shape index (κ1) is 15.5. The van der Waals surface area contributed by atoms with E-state index in [1.807, 2.05) is 0 Å². The number of aromatic nitrogens is 1. The van der Waals surface area contributed by atoms with Gasteiger partial charge in [0, 0.05) is 25.2 Å². The molecule has 0 atom stereocenters. The minimum absolute atomic E-state index is 0.476. The van der Waals surface area contributed by atoms with Gasteiger partial charge in [-0.3, -0.25) is 4.90 Å². The third-order valence-corrected chi connectivity index (χ3v) is 4.02. The molecule has 1 aliphatic carbocycles. The molecule has 1 saturated carbocycles. The van der Waals surface area contributed by atoms with Gasteiger partial charge in [-0.2, -0.15) is 0 Å². The lowest BCUT2D eigenvalue weighted by Gasteiger charge is -2.26. The maximum atomic E-state index is 5.43. The monoisotopic (exact) mass is 279 g/mol. The highest BCUT2D eigenvalue weighted by Crippen LogP contribution is 2.24. The molecule has 0 radical (unpaired) electrons. The fourth-order valence-corrected chi connectivity index (χ4v) is 2.96. The largest absolute Gasteiger partial charge is 0.360 e. The lowest BCUT2D eigenvalue weighted by Crippen LogP contribution is -2.26. The second-order valence-corrected chi connectivity index (χ2v) is 6.52. The van der Waals surface area contributed by atoms with Gasteiger partial charge in [0.1, 0.15) is 0 Å². The zero-order valence-corrected chi connectivity index (χ0v) is 13.2. The molecule has 0 bridgehead atoms. The molecule has 4 nitrogen and oxygen atoms in total. The van der Waals surface area contributed by atoms with Gasteiger partial charge in [0.15, 0.2) is 5.76 Å². The number of hydrogen-bond acceptors (Lipinski definition) is 4. The van der Waals surface area contributed by atoms with E-state index in [9.17, 15) is 0 Å². The van der Waals surface area contributed by atoms with Gasteiger partial charge in [0.25, 0.3) is 0 Å². The molecule has 1 aromatic rings. The van der Waals surface area contributed by atoms with Gasteiger partial charge < -0.3 is 9.84 Å². The zero-order valence-electron chi connectivity index (χ0n) is 13.2. The van der Waals surface area contributed by atoms with Gasteiger partial charge in [-0.1, -0.05) is 38.3 Å². The molecular formula is C16H29N3O. The minimum atomic E-state index is 0.476. The molecule has 0 unspecified atom stereocenters. The summed E-state index contributed by atoms with van der Waals surface area (Å²) in [5.74, 6) is 1.85. The quantitative estimate of drug-likeness (QED) is 0.832. The summed E-state index contributed by atoms with van der Waals surface area (Å²) in [5, 5.41) is 7.48. The van der Waals surface area contributed by atoms with E-state index >= 15 is 0 Å². The summed E-state index contributed by atoms with van der Waals surface area (Å²) in [5.41, 5.74) is 1.000. The Labute approximate surface area is 122 Å². The maximum absolute atomic E-state index is 5.43. The van der Waals surface area contributed by atoms with Crippen LogP contribution < -0.4 is 5.32 Å². The van der Waals surface area contributed by atoms with E-state index < -0.39 is 0 Å². The smallest absolute Gasteiger partial charge is 0.151 e. The average Bonchev–Trinajstić information content (AvgIpc) is 2.85. The number of nitrogens with one attached hydrogen (secondary N) is 1. The predicted molar refractivity (Wildman–Crippen MR) is 81.4 cm³/mol. The van der Waals surface area contributed by atoms with Crippen LogP contribution in [0.15, 0.2) is 10.6 Å². The van der Waals surface area contributed by atoms with Gasteiger partial charge in [0.05, 0.1) is 12.2 Å². The Morgan fingerprint density at radius 1 is 1.35 bits per heavy atom. The lowest BCUT2D eigenvalue weighted by atomic mass is 9.89. The van der Waals surface area contributed by atoms with Crippen molar-refractivity contribution in [2.75, 3.05) is 13.6 Å². The van der Waals surface area contributed by atoms with Crippen molar-refractivity contribution in [1.29, 1.82) is 0 Å². The van der Waals surface area contributed by atoms with Crippen molar-refractivity contribution in [2.45, 2.75) is 65.1 Å². The predicted octanol–water partition coefficient (Wildman–Crippen LogP) is 3.18. The highest BCUT2D eigenvalue weighted by molar-refractivity contribution is 5.05. The molecular weight excluding hydrogens is 250 g/mol. The van der Waals surface area contributed by atoms with Crippen molar-refractivity contribution >= 4 is 0 Å². The fraction of sp³-hybridized carbons (Fsp3) is 0.812. The Kier molecular flexibility index (Phi) is 6.05. The van der Waals surface area contributed by atoms with Crippen LogP contribution in [0.1, 0.15) is 57.4 Å². The lowest BCUT2D eigenvalue weighted by molar-refractivity contribution is 0.208. The summed E-state index contributed by atoms with van der Waals surface area (Å²) in [6.45, 7) is 7.11. The van der Waals surface area contributed by atoms with E-state index in [0.29, 0.717) is 6.04 Å². The summed E-state index contributed by atoms with van der Waals surface area (Å²) >= 11 is 0. The third-order valence-electron chi connectivity index (χ3n) is 4.02. The Morgan fingerprint density at radius 2 is 2.10 bits per heavy atom. The third kappa shape index (κ3) is 5.25. The highest BCUT2D eigenvalue weighted by Gasteiger charge is 2.16. The summed E-state index contributed by atoms with van der Waals surface area (Å²) in [6.07, 6.45) is 7.03. The van der Waals surface area contributed by atoms with Gasteiger partial charge in [-0.15, -0.1) is 0 Å². The van der Waals surface area contributed by atoms with Crippen LogP contribution in [0.5, 0.6) is 0 Å². The SMILES string of the molecule is CC(C)NCc1cc(CN(C)CC2CCCCC2)on1. The first-order valence-corrected chi connectivity index (χ1v) is 8.00. The second kappa shape index (κ2) is 7.79. The van der Waals surface area contributed by atoms with Gasteiger partial charge in [-0.05, 0) is 25.8 Å². The average molecular weight is 279 g/mol. The number of rotatable bonds is 7. The molecule has 1 heterocycles. The molecule has 0 aromatic carbocycles. The summed E-state index contributed by atoms with van der Waals surface area (Å²) < 4.78 is 5.43. The Bertz CT molecular complexity index is 383. The van der Waals surface area contributed by atoms with Crippen LogP contribution in [0, 0.1) is 5.92 Å². The first-order chi connectivity index (χ1) is 9.63. The van der Waals surface area contributed by atoms with Gasteiger partial charge >= 0.3 is 0 Å². The van der Waals surface area contributed by atoms with Crippen LogP contribution in [-0.2, 0) is 13.1 Å². The standard InChI is InChI=1S/C16H29N3O/c1-13(2)17-10-15-9-16(20-18-15)12-19(3)11-14-7-5-4-6-8-14/h9,13-14,17H,4-8,10-12H2,1-3H3. The molecule has 2 rings (SSSR count). The Balaban J connectivity index is 1.74. The molecule has 114 valence electrons. The van der Waals surface area contributed by atoms with Crippen LogP contribution in [0.25, 0.3) is 0 Å². The van der Waals surface area contributed by atoms with Crippen molar-refractivity contribution in [3.63, 3.8) is 0 Å². The van der Waals surface area contributed by atoms with Crippen molar-refractivity contribution in [2.24, 2.45) is 5.92 Å². The molecule has 4 heteroatoms. The maximum Gasteiger partial charge on any atom is 0.151 e. The molecule has 0 amide bonds. The Hall–Kier alpha value is -0.870. The van der Waals surface area contributed by atoms with Gasteiger partial charge in [0.2, 0.25) is 0 Å². The van der Waals surface area contributed by atoms with Crippen LogP contribution in [0.2, 0.25) is 0 Å². The van der Waals surface area contributed by atoms with E-state index in [1.54, 1.807) is 0 Å². The molecule has 0 aliphatic heterocycles. The molecule has 0 saturated heterocycles. The normalized spacial score (nSPS) is 17.2. The van der Waals surface area contributed by atoms with Crippen molar-refractivity contribution < 1.29 is 4.52 Å². The minimum Gasteiger partial charge on any atom is -0.360 e. The topological polar surface area (TPSA) is 41.3 Å². The van der Waals surface area contributed by atoms with Gasteiger partial charge in [-0.25, -0.2) is 0 Å². The van der Waals surface area contributed by atoms with E-state index in [1.165, 1.54) is 38.6 Å². The first-order valence-electron chi connectivity index (χ1n) is 8.00. The fourth-order valence-electron chi connectivity index (χ4n) is 2.96. The van der Waals surface area contributed by atoms with E-state index in [2.05, 4.69) is 42.3 Å². The van der Waals surface area contributed by atoms with Crippen molar-refractivity contribution in [3.8, 4) is 0 Å². The van der Waals surface area contributed by atoms with Crippen LogP contribution >= 0.6 is 0 Å². The van der Waals surface area contributed by atoms with E-state index in [-0.39, 0.29) is 0 Å². The zero-order chi connectivity index (χ0) is 14.4. The van der Waals surface area contributed by atoms with E-state index in [0.717, 1.165) is 30.5 Å².